The lowest BCUT2D eigenvalue weighted by atomic mass is 10.00. The maximum atomic E-state index is 6.00. The number of hydrogen-bond acceptors (Lipinski definition) is 2. The van der Waals surface area contributed by atoms with Crippen molar-refractivity contribution in [2.45, 2.75) is 6.10 Å². The zero-order valence-electron chi connectivity index (χ0n) is 10.0. The maximum Gasteiger partial charge on any atom is 0.111 e. The van der Waals surface area contributed by atoms with Crippen LogP contribution in [-0.2, 0) is 4.74 Å². The molecule has 0 aliphatic carbocycles. The van der Waals surface area contributed by atoms with Crippen LogP contribution in [0, 0.1) is 12.3 Å². The molecule has 18 heavy (non-hydrogen) atoms. The number of anilines is 1. The lowest BCUT2D eigenvalue weighted by Crippen LogP contribution is -2.09. The van der Waals surface area contributed by atoms with Crippen molar-refractivity contribution in [3.05, 3.63) is 65.7 Å². The standard InChI is InChI=1S/C16H15NO/c1-2-12-18-16(13-8-4-3-5-9-13)14-10-6-7-11-15(14)17/h1,3-11,16H,12,17H2. The van der Waals surface area contributed by atoms with Gasteiger partial charge in [0, 0.05) is 11.3 Å². The Balaban J connectivity index is 2.38. The van der Waals surface area contributed by atoms with Crippen LogP contribution in [0.2, 0.25) is 0 Å². The molecule has 0 heterocycles. The highest BCUT2D eigenvalue weighted by Crippen LogP contribution is 2.29. The van der Waals surface area contributed by atoms with Crippen molar-refractivity contribution in [3.63, 3.8) is 0 Å². The number of nitrogens with two attached hydrogens (primary N) is 1. The molecule has 0 spiro atoms. The summed E-state index contributed by atoms with van der Waals surface area (Å²) < 4.78 is 5.73. The quantitative estimate of drug-likeness (QED) is 0.655. The van der Waals surface area contributed by atoms with Gasteiger partial charge in [-0.05, 0) is 11.6 Å². The predicted molar refractivity (Wildman–Crippen MR) is 73.9 cm³/mol. The van der Waals surface area contributed by atoms with Crippen LogP contribution in [0.5, 0.6) is 0 Å². The van der Waals surface area contributed by atoms with E-state index in [2.05, 4.69) is 5.92 Å². The first-order valence-corrected chi connectivity index (χ1v) is 5.77. The van der Waals surface area contributed by atoms with E-state index in [0.717, 1.165) is 11.1 Å². The largest absolute Gasteiger partial charge is 0.398 e. The van der Waals surface area contributed by atoms with Gasteiger partial charge in [0.25, 0.3) is 0 Å². The lowest BCUT2D eigenvalue weighted by molar-refractivity contribution is 0.109. The van der Waals surface area contributed by atoms with Gasteiger partial charge in [0.05, 0.1) is 0 Å². The number of ether oxygens (including phenoxy) is 1. The molecule has 0 radical (unpaired) electrons. The molecule has 0 aromatic heterocycles. The van der Waals surface area contributed by atoms with Crippen molar-refractivity contribution >= 4 is 5.69 Å². The Kier molecular flexibility index (Phi) is 4.01. The molecule has 0 amide bonds. The third kappa shape index (κ3) is 2.71. The van der Waals surface area contributed by atoms with E-state index in [0.29, 0.717) is 5.69 Å². The minimum atomic E-state index is -0.219. The Hall–Kier alpha value is -2.24. The summed E-state index contributed by atoms with van der Waals surface area (Å²) in [7, 11) is 0. The second-order valence-electron chi connectivity index (χ2n) is 3.93. The highest BCUT2D eigenvalue weighted by Gasteiger charge is 2.16. The summed E-state index contributed by atoms with van der Waals surface area (Å²) >= 11 is 0. The number of nitrogen functional groups attached to an aromatic ring is 1. The SMILES string of the molecule is C#CCOC(c1ccccc1)c1ccccc1N. The molecular weight excluding hydrogens is 222 g/mol. The summed E-state index contributed by atoms with van der Waals surface area (Å²) in [6.07, 6.45) is 5.05. The number of para-hydroxylation sites is 1. The summed E-state index contributed by atoms with van der Waals surface area (Å²) in [6, 6.07) is 17.6. The first kappa shape index (κ1) is 12.2. The van der Waals surface area contributed by atoms with E-state index in [4.69, 9.17) is 16.9 Å². The molecule has 90 valence electrons. The van der Waals surface area contributed by atoms with Crippen molar-refractivity contribution in [2.75, 3.05) is 12.3 Å². The van der Waals surface area contributed by atoms with Crippen LogP contribution in [0.1, 0.15) is 17.2 Å². The fourth-order valence-electron chi connectivity index (χ4n) is 1.87. The molecule has 2 aromatic carbocycles. The molecule has 1 atom stereocenters. The first-order chi connectivity index (χ1) is 8.83. The number of hydrogen-bond donors (Lipinski definition) is 1. The van der Waals surface area contributed by atoms with Crippen molar-refractivity contribution in [1.29, 1.82) is 0 Å². The molecule has 1 unspecified atom stereocenters. The van der Waals surface area contributed by atoms with Gasteiger partial charge in [-0.25, -0.2) is 0 Å². The van der Waals surface area contributed by atoms with Gasteiger partial charge in [-0.15, -0.1) is 6.42 Å². The van der Waals surface area contributed by atoms with Crippen LogP contribution in [0.25, 0.3) is 0 Å². The van der Waals surface area contributed by atoms with Gasteiger partial charge >= 0.3 is 0 Å². The molecule has 0 saturated heterocycles. The molecule has 2 heteroatoms. The molecule has 0 fully saturated rings. The van der Waals surface area contributed by atoms with E-state index in [1.54, 1.807) is 0 Å². The molecule has 0 aliphatic rings. The summed E-state index contributed by atoms with van der Waals surface area (Å²) in [5.41, 5.74) is 8.70. The van der Waals surface area contributed by atoms with E-state index in [1.165, 1.54) is 0 Å². The van der Waals surface area contributed by atoms with E-state index in [1.807, 2.05) is 54.6 Å². The van der Waals surface area contributed by atoms with Gasteiger partial charge < -0.3 is 10.5 Å². The predicted octanol–water partition coefficient (Wildman–Crippen LogP) is 3.01. The van der Waals surface area contributed by atoms with Crippen LogP contribution < -0.4 is 5.73 Å². The van der Waals surface area contributed by atoms with Crippen LogP contribution >= 0.6 is 0 Å². The number of terminal acetylenes is 1. The summed E-state index contributed by atoms with van der Waals surface area (Å²) in [6.45, 7) is 0.258. The fraction of sp³-hybridized carbons (Fsp3) is 0.125. The lowest BCUT2D eigenvalue weighted by Gasteiger charge is -2.19. The normalized spacial score (nSPS) is 11.7. The second-order valence-corrected chi connectivity index (χ2v) is 3.93. The van der Waals surface area contributed by atoms with E-state index in [-0.39, 0.29) is 12.7 Å². The maximum absolute atomic E-state index is 6.00. The highest BCUT2D eigenvalue weighted by atomic mass is 16.5. The Bertz CT molecular complexity index is 543. The minimum Gasteiger partial charge on any atom is -0.398 e. The zero-order chi connectivity index (χ0) is 12.8. The zero-order valence-corrected chi connectivity index (χ0v) is 10.0. The van der Waals surface area contributed by atoms with Crippen LogP contribution in [0.4, 0.5) is 5.69 Å². The molecule has 2 aromatic rings. The average molecular weight is 237 g/mol. The summed E-state index contributed by atoms with van der Waals surface area (Å²) in [5.74, 6) is 2.49. The van der Waals surface area contributed by atoms with Gasteiger partial charge in [0.15, 0.2) is 0 Å². The Morgan fingerprint density at radius 1 is 1.06 bits per heavy atom. The van der Waals surface area contributed by atoms with Crippen LogP contribution in [-0.4, -0.2) is 6.61 Å². The van der Waals surface area contributed by atoms with Gasteiger partial charge in [-0.2, -0.15) is 0 Å². The van der Waals surface area contributed by atoms with E-state index in [9.17, 15) is 0 Å². The Morgan fingerprint density at radius 3 is 2.39 bits per heavy atom. The molecule has 2 rings (SSSR count). The van der Waals surface area contributed by atoms with Crippen molar-refractivity contribution in [1.82, 2.24) is 0 Å². The van der Waals surface area contributed by atoms with Crippen molar-refractivity contribution in [3.8, 4) is 12.3 Å². The highest BCUT2D eigenvalue weighted by molar-refractivity contribution is 5.50. The molecular formula is C16H15NO. The molecule has 0 bridgehead atoms. The third-order valence-corrected chi connectivity index (χ3v) is 2.71. The fourth-order valence-corrected chi connectivity index (χ4v) is 1.87. The van der Waals surface area contributed by atoms with E-state index >= 15 is 0 Å². The van der Waals surface area contributed by atoms with Crippen molar-refractivity contribution < 1.29 is 4.74 Å². The second kappa shape index (κ2) is 5.90. The van der Waals surface area contributed by atoms with Gasteiger partial charge in [-0.3, -0.25) is 0 Å². The summed E-state index contributed by atoms with van der Waals surface area (Å²) in [4.78, 5) is 0. The van der Waals surface area contributed by atoms with Crippen LogP contribution in [0.15, 0.2) is 54.6 Å². The average Bonchev–Trinajstić information content (AvgIpc) is 2.42. The number of benzene rings is 2. The van der Waals surface area contributed by atoms with Gasteiger partial charge in [0.2, 0.25) is 0 Å². The number of rotatable bonds is 4. The Labute approximate surface area is 107 Å². The third-order valence-electron chi connectivity index (χ3n) is 2.71. The monoisotopic (exact) mass is 237 g/mol. The minimum absolute atomic E-state index is 0.219. The topological polar surface area (TPSA) is 35.2 Å². The smallest absolute Gasteiger partial charge is 0.111 e. The Morgan fingerprint density at radius 2 is 1.72 bits per heavy atom. The summed E-state index contributed by atoms with van der Waals surface area (Å²) in [5, 5.41) is 0. The van der Waals surface area contributed by atoms with Gasteiger partial charge in [0.1, 0.15) is 12.7 Å². The van der Waals surface area contributed by atoms with Crippen LogP contribution in [0.3, 0.4) is 0 Å². The molecule has 0 aliphatic heterocycles. The molecule has 0 saturated carbocycles. The van der Waals surface area contributed by atoms with E-state index < -0.39 is 0 Å². The molecule has 2 N–H and O–H groups in total. The van der Waals surface area contributed by atoms with Gasteiger partial charge in [-0.1, -0.05) is 54.5 Å². The molecule has 2 nitrogen and oxygen atoms in total. The van der Waals surface area contributed by atoms with Crippen molar-refractivity contribution in [2.24, 2.45) is 0 Å². The first-order valence-electron chi connectivity index (χ1n) is 5.77.